The van der Waals surface area contributed by atoms with Crippen LogP contribution < -0.4 is 14.8 Å². The third kappa shape index (κ3) is 3.77. The van der Waals surface area contributed by atoms with E-state index in [2.05, 4.69) is 5.32 Å². The quantitative estimate of drug-likeness (QED) is 0.733. The number of carbonyl (C=O) groups excluding carboxylic acids is 2. The van der Waals surface area contributed by atoms with Crippen LogP contribution in [0.5, 0.6) is 11.5 Å². The number of nitrogens with one attached hydrogen (secondary N) is 1. The molecular weight excluding hydrogens is 336 g/mol. The van der Waals surface area contributed by atoms with Crippen LogP contribution in [0.4, 0.5) is 0 Å². The van der Waals surface area contributed by atoms with Gasteiger partial charge in [-0.3, -0.25) is 9.59 Å². The van der Waals surface area contributed by atoms with Gasteiger partial charge in [-0.05, 0) is 37.0 Å². The minimum atomic E-state index is -0.852. The Morgan fingerprint density at radius 2 is 1.85 bits per heavy atom. The number of benzene rings is 1. The van der Waals surface area contributed by atoms with Crippen molar-refractivity contribution in [2.24, 2.45) is 5.41 Å². The first-order valence-corrected chi connectivity index (χ1v) is 8.97. The molecule has 2 aliphatic rings. The van der Waals surface area contributed by atoms with Gasteiger partial charge in [0, 0.05) is 19.6 Å². The molecule has 0 spiro atoms. The molecule has 1 heterocycles. The van der Waals surface area contributed by atoms with Gasteiger partial charge in [0.1, 0.15) is 5.41 Å². The second-order valence-corrected chi connectivity index (χ2v) is 6.68. The SMILES string of the molecule is COc1ccc(CCNC(=O)C2(C(=O)N3CCOCC3)CC2)cc1OC. The van der Waals surface area contributed by atoms with Crippen LogP contribution in [-0.2, 0) is 20.7 Å². The Balaban J connectivity index is 1.53. The van der Waals surface area contributed by atoms with Gasteiger partial charge in [0.05, 0.1) is 27.4 Å². The number of rotatable bonds is 7. The highest BCUT2D eigenvalue weighted by atomic mass is 16.5. The van der Waals surface area contributed by atoms with E-state index in [0.717, 1.165) is 5.56 Å². The Hall–Kier alpha value is -2.28. The molecule has 0 bridgehead atoms. The second kappa shape index (κ2) is 7.95. The van der Waals surface area contributed by atoms with Gasteiger partial charge in [-0.1, -0.05) is 6.07 Å². The molecule has 1 aliphatic carbocycles. The van der Waals surface area contributed by atoms with Crippen LogP contribution in [-0.4, -0.2) is 63.8 Å². The Labute approximate surface area is 153 Å². The Kier molecular flexibility index (Phi) is 5.66. The Bertz CT molecular complexity index is 666. The van der Waals surface area contributed by atoms with Crippen molar-refractivity contribution < 1.29 is 23.8 Å². The maximum Gasteiger partial charge on any atom is 0.238 e. The average molecular weight is 362 g/mol. The highest BCUT2D eigenvalue weighted by Gasteiger charge is 2.57. The van der Waals surface area contributed by atoms with Gasteiger partial charge in [0.15, 0.2) is 11.5 Å². The van der Waals surface area contributed by atoms with Crippen LogP contribution >= 0.6 is 0 Å². The first-order chi connectivity index (χ1) is 12.6. The summed E-state index contributed by atoms with van der Waals surface area (Å²) in [5.74, 6) is 1.13. The summed E-state index contributed by atoms with van der Waals surface area (Å²) >= 11 is 0. The van der Waals surface area contributed by atoms with E-state index in [1.54, 1.807) is 19.1 Å². The molecule has 0 atom stereocenters. The zero-order valence-electron chi connectivity index (χ0n) is 15.4. The molecule has 142 valence electrons. The monoisotopic (exact) mass is 362 g/mol. The maximum atomic E-state index is 12.7. The van der Waals surface area contributed by atoms with Crippen molar-refractivity contribution in [1.29, 1.82) is 0 Å². The Morgan fingerprint density at radius 3 is 2.46 bits per heavy atom. The number of hydrogen-bond donors (Lipinski definition) is 1. The molecule has 3 rings (SSSR count). The number of ether oxygens (including phenoxy) is 3. The van der Waals surface area contributed by atoms with Crippen molar-refractivity contribution in [2.45, 2.75) is 19.3 Å². The molecule has 26 heavy (non-hydrogen) atoms. The first-order valence-electron chi connectivity index (χ1n) is 8.97. The molecule has 1 aromatic rings. The molecule has 0 unspecified atom stereocenters. The van der Waals surface area contributed by atoms with Crippen molar-refractivity contribution >= 4 is 11.8 Å². The molecule has 2 amide bonds. The molecule has 1 saturated carbocycles. The van der Waals surface area contributed by atoms with E-state index in [0.29, 0.717) is 63.6 Å². The van der Waals surface area contributed by atoms with Crippen LogP contribution in [0.3, 0.4) is 0 Å². The molecule has 2 fully saturated rings. The summed E-state index contributed by atoms with van der Waals surface area (Å²) in [4.78, 5) is 27.0. The topological polar surface area (TPSA) is 77.1 Å². The predicted molar refractivity (Wildman–Crippen MR) is 95.3 cm³/mol. The third-order valence-corrected chi connectivity index (χ3v) is 5.04. The molecule has 7 heteroatoms. The predicted octanol–water partition coefficient (Wildman–Crippen LogP) is 1.00. The Morgan fingerprint density at radius 1 is 1.15 bits per heavy atom. The fraction of sp³-hybridized carbons (Fsp3) is 0.579. The van der Waals surface area contributed by atoms with Crippen LogP contribution in [0.25, 0.3) is 0 Å². The molecule has 1 saturated heterocycles. The van der Waals surface area contributed by atoms with E-state index in [9.17, 15) is 9.59 Å². The number of amides is 2. The summed E-state index contributed by atoms with van der Waals surface area (Å²) in [6.45, 7) is 2.71. The first kappa shape index (κ1) is 18.5. The highest BCUT2D eigenvalue weighted by Crippen LogP contribution is 2.47. The zero-order chi connectivity index (χ0) is 18.6. The van der Waals surface area contributed by atoms with Gasteiger partial charge in [-0.25, -0.2) is 0 Å². The number of carbonyl (C=O) groups is 2. The van der Waals surface area contributed by atoms with Gasteiger partial charge < -0.3 is 24.4 Å². The van der Waals surface area contributed by atoms with Crippen LogP contribution in [0, 0.1) is 5.41 Å². The molecule has 7 nitrogen and oxygen atoms in total. The van der Waals surface area contributed by atoms with Crippen molar-refractivity contribution in [3.8, 4) is 11.5 Å². The van der Waals surface area contributed by atoms with Crippen molar-refractivity contribution in [3.05, 3.63) is 23.8 Å². The smallest absolute Gasteiger partial charge is 0.238 e. The summed E-state index contributed by atoms with van der Waals surface area (Å²) in [7, 11) is 3.19. The van der Waals surface area contributed by atoms with Gasteiger partial charge in [0.2, 0.25) is 11.8 Å². The summed E-state index contributed by atoms with van der Waals surface area (Å²) in [6.07, 6.45) is 1.92. The van der Waals surface area contributed by atoms with E-state index in [1.807, 2.05) is 18.2 Å². The standard InChI is InChI=1S/C19H26N2O5/c1-24-15-4-3-14(13-16(15)25-2)5-8-20-17(22)19(6-7-19)18(23)21-9-11-26-12-10-21/h3-4,13H,5-12H2,1-2H3,(H,20,22). The van der Waals surface area contributed by atoms with Crippen LogP contribution in [0.15, 0.2) is 18.2 Å². The lowest BCUT2D eigenvalue weighted by Gasteiger charge is -2.30. The fourth-order valence-electron chi connectivity index (χ4n) is 3.26. The van der Waals surface area contributed by atoms with E-state index in [4.69, 9.17) is 14.2 Å². The number of morpholine rings is 1. The summed E-state index contributed by atoms with van der Waals surface area (Å²) in [6, 6.07) is 5.69. The summed E-state index contributed by atoms with van der Waals surface area (Å²) in [5, 5.41) is 2.93. The summed E-state index contributed by atoms with van der Waals surface area (Å²) in [5.41, 5.74) is 0.182. The zero-order valence-corrected chi connectivity index (χ0v) is 15.4. The van der Waals surface area contributed by atoms with Gasteiger partial charge in [-0.2, -0.15) is 0 Å². The van der Waals surface area contributed by atoms with Gasteiger partial charge >= 0.3 is 0 Å². The second-order valence-electron chi connectivity index (χ2n) is 6.68. The van der Waals surface area contributed by atoms with Gasteiger partial charge in [0.25, 0.3) is 0 Å². The molecule has 1 aromatic carbocycles. The lowest BCUT2D eigenvalue weighted by Crippen LogP contribution is -2.49. The number of methoxy groups -OCH3 is 2. The number of nitrogens with zero attached hydrogens (tertiary/aromatic N) is 1. The van der Waals surface area contributed by atoms with Crippen molar-refractivity contribution in [2.75, 3.05) is 47.1 Å². The van der Waals surface area contributed by atoms with Gasteiger partial charge in [-0.15, -0.1) is 0 Å². The molecule has 1 aliphatic heterocycles. The normalized spacial score (nSPS) is 18.2. The summed E-state index contributed by atoms with van der Waals surface area (Å²) < 4.78 is 15.8. The minimum absolute atomic E-state index is 0.0515. The lowest BCUT2D eigenvalue weighted by molar-refractivity contribution is -0.147. The molecule has 0 aromatic heterocycles. The molecule has 0 radical (unpaired) electrons. The van der Waals surface area contributed by atoms with Crippen molar-refractivity contribution in [3.63, 3.8) is 0 Å². The maximum absolute atomic E-state index is 12.7. The fourth-order valence-corrected chi connectivity index (χ4v) is 3.26. The lowest BCUT2D eigenvalue weighted by atomic mass is 10.0. The van der Waals surface area contributed by atoms with Crippen LogP contribution in [0.2, 0.25) is 0 Å². The number of hydrogen-bond acceptors (Lipinski definition) is 5. The highest BCUT2D eigenvalue weighted by molar-refractivity contribution is 6.07. The van der Waals surface area contributed by atoms with E-state index >= 15 is 0 Å². The minimum Gasteiger partial charge on any atom is -0.493 e. The van der Waals surface area contributed by atoms with E-state index in [-0.39, 0.29) is 11.8 Å². The largest absolute Gasteiger partial charge is 0.493 e. The van der Waals surface area contributed by atoms with E-state index < -0.39 is 5.41 Å². The average Bonchev–Trinajstić information content (AvgIpc) is 3.50. The molecule has 1 N–H and O–H groups in total. The third-order valence-electron chi connectivity index (χ3n) is 5.04. The van der Waals surface area contributed by atoms with Crippen molar-refractivity contribution in [1.82, 2.24) is 10.2 Å². The molecular formula is C19H26N2O5. The van der Waals surface area contributed by atoms with Crippen LogP contribution in [0.1, 0.15) is 18.4 Å². The van der Waals surface area contributed by atoms with E-state index in [1.165, 1.54) is 0 Å².